The standard InChI is InChI=1S/C52H83NO10.C45H73NO9.CH4/c1-31(25-38(8)47(56)41(11)48(57)39(9)26-36(6)46(55)30-35(5)33(3)27-42-21-23-45(54)37(7)28-42)17-13-12-14-18-32(2)34(4)29-43-22-20-40(10)52(62,63-43)49(58)50(59)53-24-16-15-19-44(53)51(60)61;1-11-14-36(21-27(3)19-26(2)20-29(5)41-30(6)22-32(8)44(52)54-41)40(50)25-39(49)33(9)42(31(7)24-35-16-17-38(48)28(4)23-35)55-45(53)37-15-12-13-18-46(37)43(51)34(10)47;/h12-14,17-18,26,31,33-38,40-45,48,54,57,62H,15-16,19-25,27-30H2,1-11H3,(H,60,61);11,21,24,26,28-30,32-33,35-39,41-42,44,48-49,52H,1,12-20,22-23,25H2,2-10H3;1H4/b14-12+,17-13+,32-18+,39-26+;27-21+,31-24+;/t31-,33-,34+,35+,36-,37-,38-,40-,41+,42+,43+,44+,45-,48-,52-;26-,28+,29-,30-,32+,33+,35+,36+,37-,38+,39-,41+,42+,44-;/m10./s1. The van der Waals surface area contributed by atoms with Crippen LogP contribution in [0.2, 0.25) is 0 Å². The van der Waals surface area contributed by atoms with Gasteiger partial charge < -0.3 is 59.8 Å². The van der Waals surface area contributed by atoms with Crippen LogP contribution in [-0.2, 0) is 57.4 Å². The number of carboxylic acids is 1. The van der Waals surface area contributed by atoms with Crippen LogP contribution in [0.1, 0.15) is 294 Å². The lowest BCUT2D eigenvalue weighted by molar-refractivity contribution is -0.264. The number of carbonyl (C=O) groups is 9. The number of ether oxygens (including phenoxy) is 3. The summed E-state index contributed by atoms with van der Waals surface area (Å²) in [6, 6.07) is -1.99. The number of amides is 2. The van der Waals surface area contributed by atoms with Crippen LogP contribution in [0, 0.1) is 107 Å². The monoisotopic (exact) mass is 1670 g/mol. The van der Waals surface area contributed by atoms with E-state index in [1.165, 1.54) is 11.8 Å². The molecule has 676 valence electrons. The van der Waals surface area contributed by atoms with Crippen molar-refractivity contribution in [3.8, 4) is 0 Å². The van der Waals surface area contributed by atoms with E-state index in [0.717, 1.165) is 79.4 Å². The number of aliphatic hydroxyl groups is 6. The topological polar surface area (TPSA) is 329 Å². The molecule has 21 heteroatoms. The molecule has 0 spiro atoms. The second-order valence-corrected chi connectivity index (χ2v) is 38.3. The number of aliphatic hydroxyl groups excluding tert-OH is 5. The number of aliphatic carboxylic acids is 1. The summed E-state index contributed by atoms with van der Waals surface area (Å²) in [6.07, 6.45) is 28.0. The largest absolute Gasteiger partial charge is 0.480 e. The molecule has 0 unspecified atom stereocenters. The average molecular weight is 1670 g/mol. The summed E-state index contributed by atoms with van der Waals surface area (Å²) in [5, 5.41) is 74.6. The van der Waals surface area contributed by atoms with E-state index >= 15 is 0 Å². The van der Waals surface area contributed by atoms with E-state index in [4.69, 9.17) is 14.2 Å². The highest BCUT2D eigenvalue weighted by molar-refractivity contribution is 6.39. The highest BCUT2D eigenvalue weighted by Crippen LogP contribution is 2.41. The van der Waals surface area contributed by atoms with Crippen molar-refractivity contribution in [3.05, 3.63) is 83.6 Å². The molecular formula is C98H160N2O19. The zero-order chi connectivity index (χ0) is 88.5. The van der Waals surface area contributed by atoms with Gasteiger partial charge in [0, 0.05) is 74.3 Å². The average Bonchev–Trinajstić information content (AvgIpc) is 0.774. The summed E-state index contributed by atoms with van der Waals surface area (Å²) in [4.78, 5) is 120. The fourth-order valence-electron chi connectivity index (χ4n) is 19.5. The number of likely N-dealkylation sites (tertiary alicyclic amines) is 2. The lowest BCUT2D eigenvalue weighted by Crippen LogP contribution is -2.60. The van der Waals surface area contributed by atoms with Crippen molar-refractivity contribution in [1.29, 1.82) is 0 Å². The van der Waals surface area contributed by atoms with Gasteiger partial charge in [0.2, 0.25) is 11.6 Å². The minimum Gasteiger partial charge on any atom is -0.480 e. The van der Waals surface area contributed by atoms with Crippen molar-refractivity contribution < 1.29 is 93.1 Å². The van der Waals surface area contributed by atoms with Crippen LogP contribution in [0.5, 0.6) is 0 Å². The summed E-state index contributed by atoms with van der Waals surface area (Å²) in [5.41, 5.74) is 3.55. The molecule has 119 heavy (non-hydrogen) atoms. The van der Waals surface area contributed by atoms with Crippen LogP contribution in [-0.4, -0.2) is 178 Å². The number of ketones is 5. The number of nitrogens with zero attached hydrogens (tertiary/aromatic N) is 2. The maximum absolute atomic E-state index is 13.9. The van der Waals surface area contributed by atoms with Gasteiger partial charge in [-0.3, -0.25) is 33.6 Å². The third-order valence-electron chi connectivity index (χ3n) is 27.6. The molecule has 2 amide bonds. The second kappa shape index (κ2) is 50.1. The highest BCUT2D eigenvalue weighted by Gasteiger charge is 2.53. The third-order valence-corrected chi connectivity index (χ3v) is 27.6. The Morgan fingerprint density at radius 3 is 1.83 bits per heavy atom. The van der Waals surface area contributed by atoms with Crippen molar-refractivity contribution in [1.82, 2.24) is 9.80 Å². The first-order chi connectivity index (χ1) is 55.3. The van der Waals surface area contributed by atoms with E-state index in [2.05, 4.69) is 61.1 Å². The minimum absolute atomic E-state index is 0. The third kappa shape index (κ3) is 31.7. The first-order valence-corrected chi connectivity index (χ1v) is 45.1. The van der Waals surface area contributed by atoms with Crippen molar-refractivity contribution in [2.75, 3.05) is 13.1 Å². The Balaban J connectivity index is 0.000000501. The molecule has 2 saturated carbocycles. The summed E-state index contributed by atoms with van der Waals surface area (Å²) in [5.74, 6) is -7.41. The molecular weight excluding hydrogens is 1510 g/mol. The normalized spacial score (nSPS) is 30.5. The zero-order valence-corrected chi connectivity index (χ0v) is 75.7. The van der Waals surface area contributed by atoms with E-state index in [0.29, 0.717) is 119 Å². The lowest BCUT2D eigenvalue weighted by atomic mass is 9.74. The van der Waals surface area contributed by atoms with Gasteiger partial charge in [-0.05, 0) is 239 Å². The first kappa shape index (κ1) is 105. The fourth-order valence-corrected chi connectivity index (χ4v) is 19.5. The maximum Gasteiger partial charge on any atom is 0.329 e. The first-order valence-electron chi connectivity index (χ1n) is 45.1. The SMILES string of the molecule is C.C/C(=C\[C@@H](C)C(=O)C[C@H](C)[C@H](C)C[C@@H]1CC[C@@H](O)[C@H](C)C1)[C@@H](O)[C@@H](C)C(=O)[C@H](C)C[C@H](C)/C=C/C=C/C=C(\C)[C@@H](C)C[C@@H]1CC[C@@H](C)[C@](O)(C(=O)C(=O)N2CCCC[C@H]2C(=O)O)O1.C=CC[C@H](/C=C(\C)C[C@H](C)C[C@H](C)[C@H]1O[C@H](O)[C@H](C)C[C@@H]1C)C(=O)C[C@H](O)[C@@H](C)[C@H](OC(=O)[C@@H]1CCCCN1C(=O)C(C)=O)/C(C)=C/[C@@H]1CC[C@@H](O)[C@H](C)C1. The molecule has 6 fully saturated rings. The zero-order valence-electron chi connectivity index (χ0n) is 75.7. The van der Waals surface area contributed by atoms with Crippen LogP contribution in [0.4, 0.5) is 0 Å². The summed E-state index contributed by atoms with van der Waals surface area (Å²) < 4.78 is 18.2. The van der Waals surface area contributed by atoms with Gasteiger partial charge in [0.05, 0.1) is 36.6 Å². The van der Waals surface area contributed by atoms with E-state index in [1.54, 1.807) is 33.8 Å². The number of carboxylic acid groups (broad SMARTS) is 1. The Bertz CT molecular complexity index is 3500. The molecule has 0 aromatic rings. The van der Waals surface area contributed by atoms with Crippen LogP contribution >= 0.6 is 0 Å². The molecule has 4 aliphatic heterocycles. The molecule has 6 aliphatic rings. The fraction of sp³-hybridized carbons (Fsp3) is 0.765. The van der Waals surface area contributed by atoms with Gasteiger partial charge in [0.15, 0.2) is 6.29 Å². The van der Waals surface area contributed by atoms with E-state index in [-0.39, 0.29) is 116 Å². The smallest absolute Gasteiger partial charge is 0.329 e. The molecule has 4 heterocycles. The van der Waals surface area contributed by atoms with Crippen LogP contribution < -0.4 is 0 Å². The summed E-state index contributed by atoms with van der Waals surface area (Å²) in [6.45, 7) is 43.4. The summed E-state index contributed by atoms with van der Waals surface area (Å²) >= 11 is 0. The number of allylic oxidation sites excluding steroid dienone is 11. The van der Waals surface area contributed by atoms with Crippen LogP contribution in [0.25, 0.3) is 0 Å². The molecule has 29 atom stereocenters. The molecule has 0 radical (unpaired) electrons. The molecule has 0 aromatic carbocycles. The Kier molecular flexibility index (Phi) is 44.4. The van der Waals surface area contributed by atoms with Crippen molar-refractivity contribution in [2.45, 2.75) is 360 Å². The van der Waals surface area contributed by atoms with Gasteiger partial charge >= 0.3 is 11.9 Å². The molecule has 4 saturated heterocycles. The summed E-state index contributed by atoms with van der Waals surface area (Å²) in [7, 11) is 0. The van der Waals surface area contributed by atoms with Crippen molar-refractivity contribution in [3.63, 3.8) is 0 Å². The number of piperidine rings is 2. The number of Topliss-reactive ketones (excluding diaryl/α,β-unsaturated/α-hetero) is 5. The number of rotatable bonds is 40. The van der Waals surface area contributed by atoms with Gasteiger partial charge in [0.25, 0.3) is 17.6 Å². The maximum atomic E-state index is 13.9. The quantitative estimate of drug-likeness (QED) is 0.0130. The molecule has 0 bridgehead atoms. The number of hydrogen-bond donors (Lipinski definition) is 7. The van der Waals surface area contributed by atoms with E-state index < -0.39 is 108 Å². The predicted octanol–water partition coefficient (Wildman–Crippen LogP) is 16.6. The predicted molar refractivity (Wildman–Crippen MR) is 468 cm³/mol. The van der Waals surface area contributed by atoms with E-state index in [1.807, 2.05) is 97.9 Å². The molecule has 2 aliphatic carbocycles. The Labute approximate surface area is 715 Å². The molecule has 7 N–H and O–H groups in total. The number of carbonyl (C=O) groups excluding carboxylic acids is 8. The van der Waals surface area contributed by atoms with Gasteiger partial charge in [-0.15, -0.1) is 6.58 Å². The molecule has 6 rings (SSSR count). The Morgan fingerprint density at radius 1 is 0.613 bits per heavy atom. The number of esters is 1. The van der Waals surface area contributed by atoms with Gasteiger partial charge in [-0.25, -0.2) is 9.59 Å². The second-order valence-electron chi connectivity index (χ2n) is 38.3. The molecule has 0 aromatic heterocycles. The van der Waals surface area contributed by atoms with Crippen molar-refractivity contribution in [2.24, 2.45) is 107 Å². The van der Waals surface area contributed by atoms with Crippen molar-refractivity contribution >= 4 is 52.7 Å². The van der Waals surface area contributed by atoms with Gasteiger partial charge in [0.1, 0.15) is 35.5 Å². The van der Waals surface area contributed by atoms with Crippen LogP contribution in [0.15, 0.2) is 83.6 Å². The highest BCUT2D eigenvalue weighted by atomic mass is 16.6. The van der Waals surface area contributed by atoms with Crippen LogP contribution in [0.3, 0.4) is 0 Å². The molecule has 21 nitrogen and oxygen atoms in total. The van der Waals surface area contributed by atoms with E-state index in [9.17, 15) is 78.9 Å². The Morgan fingerprint density at radius 2 is 1.23 bits per heavy atom. The van der Waals surface area contributed by atoms with Gasteiger partial charge in [-0.1, -0.05) is 177 Å². The minimum atomic E-state index is -2.31. The van der Waals surface area contributed by atoms with Gasteiger partial charge in [-0.2, -0.15) is 0 Å². The Hall–Kier alpha value is -5.91. The lowest BCUT2D eigenvalue weighted by Gasteiger charge is -2.42. The number of hydrogen-bond acceptors (Lipinski definition) is 18.